The van der Waals surface area contributed by atoms with E-state index in [-0.39, 0.29) is 5.41 Å². The van der Waals surface area contributed by atoms with Crippen molar-refractivity contribution in [1.29, 1.82) is 0 Å². The lowest BCUT2D eigenvalue weighted by Crippen LogP contribution is -2.19. The highest BCUT2D eigenvalue weighted by atomic mass is 35.5. The SMILES string of the molecule is [B]c1cccc(-n2c(C(C)(C)C)nc3ccccc32)c1Cl. The summed E-state index contributed by atoms with van der Waals surface area (Å²) in [5.74, 6) is 0.969. The lowest BCUT2D eigenvalue weighted by molar-refractivity contribution is 0.539. The molecule has 0 N–H and O–H groups in total. The second kappa shape index (κ2) is 4.92. The monoisotopic (exact) mass is 294 g/mol. The van der Waals surface area contributed by atoms with Crippen LogP contribution >= 0.6 is 11.6 Å². The van der Waals surface area contributed by atoms with Crippen LogP contribution in [0.2, 0.25) is 5.02 Å². The van der Waals surface area contributed by atoms with Gasteiger partial charge >= 0.3 is 0 Å². The van der Waals surface area contributed by atoms with Crippen molar-refractivity contribution in [3.8, 4) is 5.69 Å². The number of benzene rings is 2. The van der Waals surface area contributed by atoms with Crippen molar-refractivity contribution in [2.75, 3.05) is 0 Å². The molecule has 4 heteroatoms. The zero-order chi connectivity index (χ0) is 15.2. The smallest absolute Gasteiger partial charge is 0.119 e. The molecular weight excluding hydrogens is 278 g/mol. The van der Waals surface area contributed by atoms with Crippen LogP contribution in [-0.2, 0) is 5.41 Å². The maximum Gasteiger partial charge on any atom is 0.119 e. The molecule has 0 aliphatic rings. The Morgan fingerprint density at radius 2 is 1.76 bits per heavy atom. The molecule has 3 rings (SSSR count). The summed E-state index contributed by atoms with van der Waals surface area (Å²) in [7, 11) is 5.96. The Bertz CT molecular complexity index is 815. The Hall–Kier alpha value is -1.74. The summed E-state index contributed by atoms with van der Waals surface area (Å²) in [6, 6.07) is 13.8. The molecule has 0 fully saturated rings. The first-order valence-electron chi connectivity index (χ1n) is 6.92. The van der Waals surface area contributed by atoms with Crippen molar-refractivity contribution < 1.29 is 0 Å². The summed E-state index contributed by atoms with van der Waals surface area (Å²) in [6.45, 7) is 6.43. The van der Waals surface area contributed by atoms with Gasteiger partial charge in [0.15, 0.2) is 0 Å². The number of hydrogen-bond acceptors (Lipinski definition) is 1. The van der Waals surface area contributed by atoms with Crippen molar-refractivity contribution in [2.24, 2.45) is 0 Å². The predicted molar refractivity (Wildman–Crippen MR) is 90.2 cm³/mol. The first kappa shape index (κ1) is 14.2. The van der Waals surface area contributed by atoms with E-state index in [1.165, 1.54) is 0 Å². The van der Waals surface area contributed by atoms with Gasteiger partial charge in [0.1, 0.15) is 13.7 Å². The minimum Gasteiger partial charge on any atom is -0.294 e. The third kappa shape index (κ3) is 2.36. The second-order valence-electron chi connectivity index (χ2n) is 6.19. The Morgan fingerprint density at radius 3 is 2.48 bits per heavy atom. The Morgan fingerprint density at radius 1 is 1.05 bits per heavy atom. The number of nitrogens with zero attached hydrogens (tertiary/aromatic N) is 2. The summed E-state index contributed by atoms with van der Waals surface area (Å²) in [4.78, 5) is 4.79. The standard InChI is InChI=1S/C17H16BClN2/c1-17(2,3)16-20-12-8-4-5-9-13(12)21(16)14-10-6-7-11(18)15(14)19/h4-10H,1-3H3. The van der Waals surface area contributed by atoms with E-state index in [2.05, 4.69) is 31.4 Å². The van der Waals surface area contributed by atoms with E-state index in [0.717, 1.165) is 22.5 Å². The van der Waals surface area contributed by atoms with Crippen LogP contribution in [0.3, 0.4) is 0 Å². The number of aromatic nitrogens is 2. The van der Waals surface area contributed by atoms with Gasteiger partial charge in [-0.05, 0) is 18.2 Å². The van der Waals surface area contributed by atoms with E-state index in [1.54, 1.807) is 0 Å². The van der Waals surface area contributed by atoms with Crippen LogP contribution in [0.5, 0.6) is 0 Å². The number of halogens is 1. The Labute approximate surface area is 131 Å². The molecule has 3 aromatic rings. The summed E-state index contributed by atoms with van der Waals surface area (Å²) < 4.78 is 2.11. The minimum absolute atomic E-state index is 0.104. The molecule has 21 heavy (non-hydrogen) atoms. The molecule has 2 nitrogen and oxygen atoms in total. The quantitative estimate of drug-likeness (QED) is 0.625. The minimum atomic E-state index is -0.104. The molecule has 2 radical (unpaired) electrons. The molecular formula is C17H16BClN2. The molecule has 0 saturated carbocycles. The fraction of sp³-hybridized carbons (Fsp3) is 0.235. The largest absolute Gasteiger partial charge is 0.294 e. The molecule has 0 atom stereocenters. The number of rotatable bonds is 1. The Balaban J connectivity index is 2.42. The molecule has 1 heterocycles. The van der Waals surface area contributed by atoms with Crippen LogP contribution in [0.15, 0.2) is 42.5 Å². The van der Waals surface area contributed by atoms with E-state index in [4.69, 9.17) is 24.4 Å². The lowest BCUT2D eigenvalue weighted by Gasteiger charge is -2.21. The van der Waals surface area contributed by atoms with Crippen LogP contribution in [0, 0.1) is 0 Å². The third-order valence-corrected chi connectivity index (χ3v) is 3.89. The Kier molecular flexibility index (Phi) is 3.33. The van der Waals surface area contributed by atoms with E-state index in [1.807, 2.05) is 36.4 Å². The molecule has 0 amide bonds. The highest BCUT2D eigenvalue weighted by molar-refractivity contribution is 6.46. The van der Waals surface area contributed by atoms with Crippen molar-refractivity contribution >= 4 is 35.9 Å². The molecule has 104 valence electrons. The van der Waals surface area contributed by atoms with Gasteiger partial charge in [-0.1, -0.05) is 62.1 Å². The number of fused-ring (bicyclic) bond motifs is 1. The van der Waals surface area contributed by atoms with Gasteiger partial charge in [0.25, 0.3) is 0 Å². The van der Waals surface area contributed by atoms with E-state index in [9.17, 15) is 0 Å². The lowest BCUT2D eigenvalue weighted by atomic mass is 9.94. The molecule has 0 saturated heterocycles. The zero-order valence-corrected chi connectivity index (χ0v) is 13.1. The van der Waals surface area contributed by atoms with Crippen LogP contribution < -0.4 is 5.46 Å². The molecule has 0 aliphatic heterocycles. The highest BCUT2D eigenvalue weighted by Crippen LogP contribution is 2.31. The first-order valence-corrected chi connectivity index (χ1v) is 7.30. The van der Waals surface area contributed by atoms with Gasteiger partial charge in [-0.25, -0.2) is 4.98 Å². The topological polar surface area (TPSA) is 17.8 Å². The van der Waals surface area contributed by atoms with Crippen molar-refractivity contribution in [3.63, 3.8) is 0 Å². The maximum absolute atomic E-state index is 6.43. The molecule has 2 aromatic carbocycles. The van der Waals surface area contributed by atoms with Gasteiger partial charge in [-0.3, -0.25) is 4.57 Å². The third-order valence-electron chi connectivity index (χ3n) is 3.48. The molecule has 0 unspecified atom stereocenters. The summed E-state index contributed by atoms with van der Waals surface area (Å²) in [5, 5.41) is 0.561. The molecule has 0 aliphatic carbocycles. The van der Waals surface area contributed by atoms with E-state index >= 15 is 0 Å². The van der Waals surface area contributed by atoms with Gasteiger partial charge in [-0.15, -0.1) is 0 Å². The first-order chi connectivity index (χ1) is 9.89. The average molecular weight is 295 g/mol. The van der Waals surface area contributed by atoms with Crippen LogP contribution in [0.4, 0.5) is 0 Å². The summed E-state index contributed by atoms with van der Waals surface area (Å²) in [6.07, 6.45) is 0. The predicted octanol–water partition coefficient (Wildman–Crippen LogP) is 3.77. The second-order valence-corrected chi connectivity index (χ2v) is 6.57. The van der Waals surface area contributed by atoms with E-state index in [0.29, 0.717) is 10.5 Å². The molecule has 0 bridgehead atoms. The average Bonchev–Trinajstić information content (AvgIpc) is 2.81. The van der Waals surface area contributed by atoms with Crippen LogP contribution in [0.25, 0.3) is 16.7 Å². The van der Waals surface area contributed by atoms with Crippen LogP contribution in [0.1, 0.15) is 26.6 Å². The van der Waals surface area contributed by atoms with Gasteiger partial charge in [-0.2, -0.15) is 0 Å². The fourth-order valence-electron chi connectivity index (χ4n) is 2.48. The summed E-state index contributed by atoms with van der Waals surface area (Å²) in [5.41, 5.74) is 3.34. The van der Waals surface area contributed by atoms with Crippen molar-refractivity contribution in [2.45, 2.75) is 26.2 Å². The maximum atomic E-state index is 6.43. The molecule has 0 spiro atoms. The van der Waals surface area contributed by atoms with Gasteiger partial charge in [0, 0.05) is 5.41 Å². The fourth-order valence-corrected chi connectivity index (χ4v) is 2.69. The number of imidazole rings is 1. The number of para-hydroxylation sites is 2. The normalized spacial score (nSPS) is 12.0. The van der Waals surface area contributed by atoms with Crippen molar-refractivity contribution in [1.82, 2.24) is 9.55 Å². The van der Waals surface area contributed by atoms with E-state index < -0.39 is 0 Å². The van der Waals surface area contributed by atoms with Gasteiger partial charge in [0.2, 0.25) is 0 Å². The number of hydrogen-bond donors (Lipinski definition) is 0. The van der Waals surface area contributed by atoms with Gasteiger partial charge < -0.3 is 0 Å². The van der Waals surface area contributed by atoms with Crippen molar-refractivity contribution in [3.05, 3.63) is 53.3 Å². The van der Waals surface area contributed by atoms with Gasteiger partial charge in [0.05, 0.1) is 21.7 Å². The highest BCUT2D eigenvalue weighted by Gasteiger charge is 2.24. The summed E-state index contributed by atoms with van der Waals surface area (Å²) >= 11 is 6.43. The van der Waals surface area contributed by atoms with Crippen LogP contribution in [-0.4, -0.2) is 17.4 Å². The molecule has 1 aromatic heterocycles. The zero-order valence-electron chi connectivity index (χ0n) is 12.4.